The van der Waals surface area contributed by atoms with Crippen LogP contribution in [0.25, 0.3) is 5.69 Å². The van der Waals surface area contributed by atoms with Gasteiger partial charge in [-0.25, -0.2) is 0 Å². The average molecular weight is 310 g/mol. The van der Waals surface area contributed by atoms with Gasteiger partial charge in [0.15, 0.2) is 0 Å². The number of benzene rings is 1. The summed E-state index contributed by atoms with van der Waals surface area (Å²) in [5.74, 6) is 0. The van der Waals surface area contributed by atoms with Gasteiger partial charge in [0.1, 0.15) is 5.02 Å². The fourth-order valence-electron chi connectivity index (χ4n) is 1.21. The smallest absolute Gasteiger partial charge is 0.266 e. The Balaban J connectivity index is 2.65. The lowest BCUT2D eigenvalue weighted by Crippen LogP contribution is -2.21. The van der Waals surface area contributed by atoms with Crippen LogP contribution >= 0.6 is 46.4 Å². The first kappa shape index (κ1) is 12.7. The molecule has 0 saturated heterocycles. The van der Waals surface area contributed by atoms with Gasteiger partial charge in [-0.05, 0) is 18.2 Å². The van der Waals surface area contributed by atoms with E-state index in [0.717, 1.165) is 4.68 Å². The van der Waals surface area contributed by atoms with Gasteiger partial charge in [0.05, 0.1) is 27.0 Å². The molecule has 1 aromatic carbocycles. The third kappa shape index (κ3) is 2.43. The lowest BCUT2D eigenvalue weighted by molar-refractivity contribution is 0.807. The number of rotatable bonds is 1. The summed E-state index contributed by atoms with van der Waals surface area (Å²) in [6.07, 6.45) is 1.29. The standard InChI is InChI=1S/C10H4Cl4N2O/c11-6-2-1-5(3-7(6)12)16-10(17)9(14)8(13)4-15-16/h1-4H. The molecule has 0 saturated carbocycles. The van der Waals surface area contributed by atoms with E-state index in [1.165, 1.54) is 12.3 Å². The third-order valence-corrected chi connectivity index (χ3v) is 3.51. The number of aromatic nitrogens is 2. The van der Waals surface area contributed by atoms with Gasteiger partial charge in [-0.1, -0.05) is 46.4 Å². The molecule has 0 aliphatic rings. The van der Waals surface area contributed by atoms with E-state index in [2.05, 4.69) is 5.10 Å². The number of nitrogens with zero attached hydrogens (tertiary/aromatic N) is 2. The minimum absolute atomic E-state index is 0.0901. The lowest BCUT2D eigenvalue weighted by atomic mass is 10.3. The van der Waals surface area contributed by atoms with Gasteiger partial charge in [-0.3, -0.25) is 4.79 Å². The SMILES string of the molecule is O=c1c(Cl)c(Cl)cnn1-c1ccc(Cl)c(Cl)c1. The first-order valence-electron chi connectivity index (χ1n) is 4.39. The largest absolute Gasteiger partial charge is 0.291 e. The molecule has 0 aliphatic heterocycles. The van der Waals surface area contributed by atoms with Crippen LogP contribution in [0.15, 0.2) is 29.2 Å². The van der Waals surface area contributed by atoms with Crippen molar-refractivity contribution in [3.63, 3.8) is 0 Å². The van der Waals surface area contributed by atoms with Crippen LogP contribution in [-0.2, 0) is 0 Å². The number of hydrogen-bond donors (Lipinski definition) is 0. The highest BCUT2D eigenvalue weighted by Gasteiger charge is 2.10. The fraction of sp³-hybridized carbons (Fsp3) is 0. The van der Waals surface area contributed by atoms with E-state index in [0.29, 0.717) is 15.7 Å². The van der Waals surface area contributed by atoms with Crippen LogP contribution in [0.5, 0.6) is 0 Å². The Morgan fingerprint density at radius 3 is 2.35 bits per heavy atom. The highest BCUT2D eigenvalue weighted by atomic mass is 35.5. The summed E-state index contributed by atoms with van der Waals surface area (Å²) in [5, 5.41) is 4.60. The molecular formula is C10H4Cl4N2O. The van der Waals surface area contributed by atoms with E-state index in [9.17, 15) is 4.79 Å². The molecule has 7 heteroatoms. The first-order chi connectivity index (χ1) is 8.00. The van der Waals surface area contributed by atoms with Crippen LogP contribution in [0.2, 0.25) is 20.1 Å². The second-order valence-electron chi connectivity index (χ2n) is 3.12. The maximum Gasteiger partial charge on any atom is 0.291 e. The van der Waals surface area contributed by atoms with Crippen molar-refractivity contribution in [1.29, 1.82) is 0 Å². The molecule has 0 amide bonds. The van der Waals surface area contributed by atoms with Gasteiger partial charge < -0.3 is 0 Å². The summed E-state index contributed by atoms with van der Waals surface area (Å²) in [6.45, 7) is 0. The average Bonchev–Trinajstić information content (AvgIpc) is 2.30. The Labute approximate surface area is 116 Å². The second kappa shape index (κ2) is 4.86. The summed E-state index contributed by atoms with van der Waals surface area (Å²) in [4.78, 5) is 11.8. The Kier molecular flexibility index (Phi) is 3.64. The molecular weight excluding hydrogens is 306 g/mol. The van der Waals surface area contributed by atoms with Gasteiger partial charge in [0, 0.05) is 0 Å². The Bertz CT molecular complexity index is 639. The molecule has 0 aliphatic carbocycles. The zero-order valence-corrected chi connectivity index (χ0v) is 11.1. The second-order valence-corrected chi connectivity index (χ2v) is 4.72. The van der Waals surface area contributed by atoms with Crippen molar-refractivity contribution in [2.45, 2.75) is 0 Å². The fourth-order valence-corrected chi connectivity index (χ4v) is 1.76. The van der Waals surface area contributed by atoms with Gasteiger partial charge in [0.25, 0.3) is 5.56 Å². The Morgan fingerprint density at radius 2 is 1.71 bits per heavy atom. The van der Waals surface area contributed by atoms with Crippen LogP contribution < -0.4 is 5.56 Å². The Hall–Kier alpha value is -0.740. The summed E-state index contributed by atoms with van der Waals surface area (Å²) >= 11 is 23.0. The predicted molar refractivity (Wildman–Crippen MR) is 69.9 cm³/mol. The molecule has 1 aromatic heterocycles. The van der Waals surface area contributed by atoms with Crippen molar-refractivity contribution in [2.75, 3.05) is 0 Å². The number of halogens is 4. The van der Waals surface area contributed by atoms with Crippen molar-refractivity contribution in [3.05, 3.63) is 54.8 Å². The third-order valence-electron chi connectivity index (χ3n) is 2.02. The monoisotopic (exact) mass is 308 g/mol. The van der Waals surface area contributed by atoms with Gasteiger partial charge >= 0.3 is 0 Å². The molecule has 0 fully saturated rings. The van der Waals surface area contributed by atoms with Crippen LogP contribution in [0.4, 0.5) is 0 Å². The summed E-state index contributed by atoms with van der Waals surface area (Å²) in [5.41, 5.74) is -0.0551. The maximum absolute atomic E-state index is 11.8. The molecule has 88 valence electrons. The van der Waals surface area contributed by atoms with E-state index >= 15 is 0 Å². The lowest BCUT2D eigenvalue weighted by Gasteiger charge is -2.06. The van der Waals surface area contributed by atoms with Crippen molar-refractivity contribution in [2.24, 2.45) is 0 Å². The minimum atomic E-state index is -0.516. The molecule has 0 radical (unpaired) electrons. The number of hydrogen-bond acceptors (Lipinski definition) is 2. The van der Waals surface area contributed by atoms with Crippen LogP contribution in [0.1, 0.15) is 0 Å². The highest BCUT2D eigenvalue weighted by molar-refractivity contribution is 6.42. The van der Waals surface area contributed by atoms with Gasteiger partial charge in [-0.2, -0.15) is 9.78 Å². The molecule has 0 bridgehead atoms. The molecule has 2 rings (SSSR count). The Morgan fingerprint density at radius 1 is 1.00 bits per heavy atom. The molecule has 1 heterocycles. The minimum Gasteiger partial charge on any atom is -0.266 e. The first-order valence-corrected chi connectivity index (χ1v) is 5.90. The molecule has 2 aromatic rings. The van der Waals surface area contributed by atoms with E-state index in [1.54, 1.807) is 12.1 Å². The molecule has 0 N–H and O–H groups in total. The topological polar surface area (TPSA) is 34.9 Å². The van der Waals surface area contributed by atoms with E-state index < -0.39 is 5.56 Å². The van der Waals surface area contributed by atoms with Crippen molar-refractivity contribution in [3.8, 4) is 5.69 Å². The summed E-state index contributed by atoms with van der Waals surface area (Å²) < 4.78 is 1.09. The van der Waals surface area contributed by atoms with Crippen LogP contribution in [0, 0.1) is 0 Å². The molecule has 0 spiro atoms. The zero-order valence-electron chi connectivity index (χ0n) is 8.12. The van der Waals surface area contributed by atoms with Gasteiger partial charge in [0.2, 0.25) is 0 Å². The summed E-state index contributed by atoms with van der Waals surface area (Å²) in [7, 11) is 0. The normalized spacial score (nSPS) is 10.6. The van der Waals surface area contributed by atoms with E-state index in [1.807, 2.05) is 0 Å². The van der Waals surface area contributed by atoms with Crippen LogP contribution in [-0.4, -0.2) is 9.78 Å². The van der Waals surface area contributed by atoms with Gasteiger partial charge in [-0.15, -0.1) is 0 Å². The van der Waals surface area contributed by atoms with E-state index in [-0.39, 0.29) is 10.0 Å². The van der Waals surface area contributed by atoms with Crippen molar-refractivity contribution < 1.29 is 0 Å². The van der Waals surface area contributed by atoms with Crippen molar-refractivity contribution in [1.82, 2.24) is 9.78 Å². The maximum atomic E-state index is 11.8. The molecule has 17 heavy (non-hydrogen) atoms. The van der Waals surface area contributed by atoms with Crippen LogP contribution in [0.3, 0.4) is 0 Å². The van der Waals surface area contributed by atoms with E-state index in [4.69, 9.17) is 46.4 Å². The summed E-state index contributed by atoms with van der Waals surface area (Å²) in [6, 6.07) is 4.69. The zero-order chi connectivity index (χ0) is 12.6. The highest BCUT2D eigenvalue weighted by Crippen LogP contribution is 2.24. The molecule has 0 unspecified atom stereocenters. The predicted octanol–water partition coefficient (Wildman–Crippen LogP) is 3.85. The molecule has 3 nitrogen and oxygen atoms in total. The molecule has 0 atom stereocenters. The quantitative estimate of drug-likeness (QED) is 0.802. The van der Waals surface area contributed by atoms with Crippen molar-refractivity contribution >= 4 is 46.4 Å².